The number of aliphatic imine (C=N–C) groups is 1. The van der Waals surface area contributed by atoms with Crippen LogP contribution in [0.4, 0.5) is 0 Å². The minimum absolute atomic E-state index is 0.322. The van der Waals surface area contributed by atoms with Crippen LogP contribution < -0.4 is 5.73 Å². The molecule has 2 N–H and O–H groups in total. The summed E-state index contributed by atoms with van der Waals surface area (Å²) in [7, 11) is 0. The predicted octanol–water partition coefficient (Wildman–Crippen LogP) is 1.11. The summed E-state index contributed by atoms with van der Waals surface area (Å²) >= 11 is 0. The van der Waals surface area contributed by atoms with E-state index in [-0.39, 0.29) is 0 Å². The summed E-state index contributed by atoms with van der Waals surface area (Å²) in [4.78, 5) is 6.94. The summed E-state index contributed by atoms with van der Waals surface area (Å²) in [6.07, 6.45) is 11.8. The van der Waals surface area contributed by atoms with E-state index in [1.54, 1.807) is 0 Å². The number of nitrogens with two attached hydrogens (primary N) is 1. The van der Waals surface area contributed by atoms with Crippen molar-refractivity contribution in [2.75, 3.05) is 6.54 Å². The molecule has 3 heteroatoms. The van der Waals surface area contributed by atoms with E-state index in [9.17, 15) is 0 Å². The Labute approximate surface area is 84.7 Å². The summed E-state index contributed by atoms with van der Waals surface area (Å²) in [5.74, 6) is 0. The molecule has 2 heterocycles. The molecule has 1 aliphatic carbocycles. The molecule has 1 saturated carbocycles. The molecule has 0 aromatic heterocycles. The Hall–Kier alpha value is -0.830. The van der Waals surface area contributed by atoms with E-state index in [1.165, 1.54) is 12.8 Å². The molecule has 1 fully saturated rings. The van der Waals surface area contributed by atoms with Gasteiger partial charge in [0.15, 0.2) is 0 Å². The molecule has 1 unspecified atom stereocenters. The van der Waals surface area contributed by atoms with E-state index in [0.29, 0.717) is 17.6 Å². The van der Waals surface area contributed by atoms with Crippen LogP contribution in [0.2, 0.25) is 0 Å². The van der Waals surface area contributed by atoms with Gasteiger partial charge in [-0.1, -0.05) is 6.08 Å². The van der Waals surface area contributed by atoms with Gasteiger partial charge in [-0.05, 0) is 31.9 Å². The van der Waals surface area contributed by atoms with Gasteiger partial charge in [0.25, 0.3) is 0 Å². The number of hydrogen-bond acceptors (Lipinski definition) is 3. The fourth-order valence-electron chi connectivity index (χ4n) is 2.98. The van der Waals surface area contributed by atoms with Crippen molar-refractivity contribution in [1.29, 1.82) is 0 Å². The van der Waals surface area contributed by atoms with Crippen molar-refractivity contribution < 1.29 is 0 Å². The third kappa shape index (κ3) is 1.05. The Bertz CT molecular complexity index is 287. The van der Waals surface area contributed by atoms with E-state index in [4.69, 9.17) is 5.73 Å². The molecular weight excluding hydrogens is 174 g/mol. The predicted molar refractivity (Wildman–Crippen MR) is 57.0 cm³/mol. The van der Waals surface area contributed by atoms with Gasteiger partial charge >= 0.3 is 0 Å². The highest BCUT2D eigenvalue weighted by Crippen LogP contribution is 2.47. The maximum Gasteiger partial charge on any atom is 0.129 e. The quantitative estimate of drug-likeness (QED) is 0.623. The Morgan fingerprint density at radius 1 is 1.36 bits per heavy atom. The highest BCUT2D eigenvalue weighted by Gasteiger charge is 2.46. The van der Waals surface area contributed by atoms with Gasteiger partial charge in [-0.3, -0.25) is 4.99 Å². The van der Waals surface area contributed by atoms with E-state index >= 15 is 0 Å². The van der Waals surface area contributed by atoms with Crippen molar-refractivity contribution in [2.24, 2.45) is 16.1 Å². The molecule has 3 nitrogen and oxygen atoms in total. The fraction of sp³-hybridized carbons (Fsp3) is 0.727. The van der Waals surface area contributed by atoms with Gasteiger partial charge in [0, 0.05) is 17.7 Å². The van der Waals surface area contributed by atoms with E-state index in [2.05, 4.69) is 22.2 Å². The Balaban J connectivity index is 1.83. The van der Waals surface area contributed by atoms with Crippen molar-refractivity contribution in [3.63, 3.8) is 0 Å². The van der Waals surface area contributed by atoms with Gasteiger partial charge in [-0.2, -0.15) is 0 Å². The molecule has 0 amide bonds. The van der Waals surface area contributed by atoms with Gasteiger partial charge in [0.2, 0.25) is 0 Å². The highest BCUT2D eigenvalue weighted by atomic mass is 15.3. The Kier molecular flexibility index (Phi) is 1.71. The lowest BCUT2D eigenvalue weighted by Crippen LogP contribution is -2.41. The second-order valence-corrected chi connectivity index (χ2v) is 4.79. The van der Waals surface area contributed by atoms with Crippen LogP contribution in [0.3, 0.4) is 0 Å². The first-order valence-corrected chi connectivity index (χ1v) is 5.52. The van der Waals surface area contributed by atoms with Crippen molar-refractivity contribution in [1.82, 2.24) is 4.90 Å². The van der Waals surface area contributed by atoms with Gasteiger partial charge < -0.3 is 10.6 Å². The number of hydrogen-bond donors (Lipinski definition) is 1. The number of fused-ring (bicyclic) bond motifs is 2. The van der Waals surface area contributed by atoms with Gasteiger partial charge in [-0.25, -0.2) is 0 Å². The maximum atomic E-state index is 5.95. The minimum Gasteiger partial charge on any atom is -0.350 e. The van der Waals surface area contributed by atoms with E-state index in [1.807, 2.05) is 6.21 Å². The van der Waals surface area contributed by atoms with Crippen LogP contribution in [0, 0.1) is 5.41 Å². The van der Waals surface area contributed by atoms with Gasteiger partial charge in [0.05, 0.1) is 6.54 Å². The molecule has 0 bridgehead atoms. The third-order valence-electron chi connectivity index (χ3n) is 3.93. The van der Waals surface area contributed by atoms with Gasteiger partial charge in [-0.15, -0.1) is 0 Å². The molecule has 14 heavy (non-hydrogen) atoms. The molecule has 0 aromatic rings. The van der Waals surface area contributed by atoms with Crippen LogP contribution in [0.15, 0.2) is 17.3 Å². The van der Waals surface area contributed by atoms with Crippen molar-refractivity contribution in [2.45, 2.75) is 37.9 Å². The maximum absolute atomic E-state index is 5.95. The zero-order valence-electron chi connectivity index (χ0n) is 8.39. The largest absolute Gasteiger partial charge is 0.350 e. The lowest BCUT2D eigenvalue weighted by atomic mass is 9.71. The second kappa shape index (κ2) is 2.83. The van der Waals surface area contributed by atoms with E-state index in [0.717, 1.165) is 19.4 Å². The molecule has 0 saturated heterocycles. The molecule has 1 atom stereocenters. The smallest absolute Gasteiger partial charge is 0.129 e. The molecule has 0 aromatic carbocycles. The molecule has 3 rings (SSSR count). The molecule has 0 radical (unpaired) electrons. The standard InChI is InChI=1S/C11H17N3/c12-9-1-3-11(4-2-9)5-7-14-8-6-13-10(11)14/h5-7,9-10H,1-4,8,12H2. The summed E-state index contributed by atoms with van der Waals surface area (Å²) in [5.41, 5.74) is 6.27. The zero-order valence-corrected chi connectivity index (χ0v) is 8.39. The Morgan fingerprint density at radius 2 is 2.14 bits per heavy atom. The van der Waals surface area contributed by atoms with Crippen molar-refractivity contribution in [3.8, 4) is 0 Å². The summed E-state index contributed by atoms with van der Waals surface area (Å²) in [5, 5.41) is 0. The normalized spacial score (nSPS) is 45.1. The lowest BCUT2D eigenvalue weighted by Gasteiger charge is -2.38. The average Bonchev–Trinajstić information content (AvgIpc) is 2.75. The second-order valence-electron chi connectivity index (χ2n) is 4.79. The first kappa shape index (κ1) is 8.48. The fourth-order valence-corrected chi connectivity index (χ4v) is 2.98. The van der Waals surface area contributed by atoms with Gasteiger partial charge in [0.1, 0.15) is 6.17 Å². The minimum atomic E-state index is 0.322. The van der Waals surface area contributed by atoms with Crippen LogP contribution in [-0.4, -0.2) is 29.9 Å². The van der Waals surface area contributed by atoms with Crippen LogP contribution in [0.5, 0.6) is 0 Å². The molecular formula is C11H17N3. The first-order valence-electron chi connectivity index (χ1n) is 5.52. The van der Waals surface area contributed by atoms with Crippen molar-refractivity contribution in [3.05, 3.63) is 12.3 Å². The average molecular weight is 191 g/mol. The summed E-state index contributed by atoms with van der Waals surface area (Å²) in [6, 6.07) is 0.424. The van der Waals surface area contributed by atoms with Crippen LogP contribution in [0.25, 0.3) is 0 Å². The van der Waals surface area contributed by atoms with Crippen LogP contribution >= 0.6 is 0 Å². The Morgan fingerprint density at radius 3 is 2.93 bits per heavy atom. The SMILES string of the molecule is NC1CCC2(C=CN3CC=NC32)CC1. The van der Waals surface area contributed by atoms with E-state index < -0.39 is 0 Å². The topological polar surface area (TPSA) is 41.6 Å². The molecule has 1 spiro atoms. The van der Waals surface area contributed by atoms with Crippen LogP contribution in [0.1, 0.15) is 25.7 Å². The third-order valence-corrected chi connectivity index (χ3v) is 3.93. The molecule has 2 aliphatic heterocycles. The zero-order chi connectivity index (χ0) is 9.60. The number of nitrogens with zero attached hydrogens (tertiary/aromatic N) is 2. The molecule has 76 valence electrons. The summed E-state index contributed by atoms with van der Waals surface area (Å²) in [6.45, 7) is 0.995. The monoisotopic (exact) mass is 191 g/mol. The summed E-state index contributed by atoms with van der Waals surface area (Å²) < 4.78 is 0. The number of rotatable bonds is 0. The lowest BCUT2D eigenvalue weighted by molar-refractivity contribution is 0.146. The first-order chi connectivity index (χ1) is 6.80. The molecule has 3 aliphatic rings. The van der Waals surface area contributed by atoms with Crippen LogP contribution in [-0.2, 0) is 0 Å². The highest BCUT2D eigenvalue weighted by molar-refractivity contribution is 5.63. The van der Waals surface area contributed by atoms with Crippen molar-refractivity contribution >= 4 is 6.21 Å².